The maximum atomic E-state index is 13.0. The molecule has 0 aromatic rings. The lowest BCUT2D eigenvalue weighted by molar-refractivity contribution is -0.302. The number of hydrogen-bond acceptors (Lipinski definition) is 8. The Kier molecular flexibility index (Phi) is 42.7. The van der Waals surface area contributed by atoms with E-state index >= 15 is 0 Å². The van der Waals surface area contributed by atoms with E-state index in [1.807, 2.05) is 6.08 Å². The molecule has 6 N–H and O–H groups in total. The van der Waals surface area contributed by atoms with Crippen molar-refractivity contribution in [3.05, 3.63) is 36.5 Å². The summed E-state index contributed by atoms with van der Waals surface area (Å²) in [5.74, 6) is -0.186. The first-order chi connectivity index (χ1) is 31.3. The predicted molar refractivity (Wildman–Crippen MR) is 267 cm³/mol. The lowest BCUT2D eigenvalue weighted by Gasteiger charge is -2.40. The molecular formula is C55H103NO8. The van der Waals surface area contributed by atoms with Gasteiger partial charge in [0.25, 0.3) is 0 Å². The Morgan fingerprint density at radius 1 is 0.516 bits per heavy atom. The van der Waals surface area contributed by atoms with Crippen molar-refractivity contribution in [1.29, 1.82) is 0 Å². The lowest BCUT2D eigenvalue weighted by atomic mass is 9.99. The van der Waals surface area contributed by atoms with Gasteiger partial charge in [-0.05, 0) is 57.8 Å². The van der Waals surface area contributed by atoms with Crippen LogP contribution in [-0.2, 0) is 14.3 Å². The van der Waals surface area contributed by atoms with Crippen LogP contribution in [0.5, 0.6) is 0 Å². The van der Waals surface area contributed by atoms with Gasteiger partial charge in [-0.1, -0.05) is 224 Å². The molecule has 1 amide bonds. The van der Waals surface area contributed by atoms with Crippen LogP contribution < -0.4 is 5.32 Å². The van der Waals surface area contributed by atoms with Crippen molar-refractivity contribution < 1.29 is 39.8 Å². The third kappa shape index (κ3) is 34.7. The van der Waals surface area contributed by atoms with Gasteiger partial charge in [0.1, 0.15) is 24.4 Å². The van der Waals surface area contributed by atoms with Gasteiger partial charge in [-0.3, -0.25) is 4.79 Å². The lowest BCUT2D eigenvalue weighted by Crippen LogP contribution is -2.60. The number of rotatable bonds is 46. The second-order valence-electron chi connectivity index (χ2n) is 19.0. The zero-order valence-corrected chi connectivity index (χ0v) is 41.5. The number of amides is 1. The van der Waals surface area contributed by atoms with Gasteiger partial charge in [-0.15, -0.1) is 0 Å². The average molecular weight is 906 g/mol. The monoisotopic (exact) mass is 906 g/mol. The van der Waals surface area contributed by atoms with Crippen LogP contribution in [-0.4, -0.2) is 87.5 Å². The number of carbonyl (C=O) groups excluding carboxylic acids is 1. The van der Waals surface area contributed by atoms with Crippen molar-refractivity contribution in [3.8, 4) is 0 Å². The number of aliphatic hydroxyl groups excluding tert-OH is 5. The fourth-order valence-electron chi connectivity index (χ4n) is 8.58. The molecule has 0 aliphatic carbocycles. The maximum Gasteiger partial charge on any atom is 0.220 e. The van der Waals surface area contributed by atoms with E-state index in [1.165, 1.54) is 193 Å². The zero-order valence-electron chi connectivity index (χ0n) is 41.5. The van der Waals surface area contributed by atoms with Crippen LogP contribution in [0.4, 0.5) is 0 Å². The third-order valence-corrected chi connectivity index (χ3v) is 12.9. The molecule has 64 heavy (non-hydrogen) atoms. The number of hydrogen-bond donors (Lipinski definition) is 6. The van der Waals surface area contributed by atoms with Crippen LogP contribution in [0.25, 0.3) is 0 Å². The van der Waals surface area contributed by atoms with Crippen LogP contribution in [0, 0.1) is 0 Å². The van der Waals surface area contributed by atoms with Crippen LogP contribution in [0.2, 0.25) is 0 Å². The molecule has 1 rings (SSSR count). The molecular weight excluding hydrogens is 803 g/mol. The number of nitrogens with one attached hydrogen (secondary N) is 1. The van der Waals surface area contributed by atoms with Gasteiger partial charge in [-0.25, -0.2) is 0 Å². The summed E-state index contributed by atoms with van der Waals surface area (Å²) in [5, 5.41) is 54.2. The van der Waals surface area contributed by atoms with Gasteiger partial charge in [0, 0.05) is 6.42 Å². The Balaban J connectivity index is 2.14. The number of carbonyl (C=O) groups is 1. The summed E-state index contributed by atoms with van der Waals surface area (Å²) in [6.07, 6.45) is 50.9. The number of allylic oxidation sites excluding steroid dienone is 5. The minimum absolute atomic E-state index is 0.186. The maximum absolute atomic E-state index is 13.0. The Morgan fingerprint density at radius 3 is 1.31 bits per heavy atom. The summed E-state index contributed by atoms with van der Waals surface area (Å²) >= 11 is 0. The highest BCUT2D eigenvalue weighted by Crippen LogP contribution is 2.23. The van der Waals surface area contributed by atoms with Gasteiger partial charge in [0.2, 0.25) is 5.91 Å². The molecule has 9 heteroatoms. The summed E-state index contributed by atoms with van der Waals surface area (Å²) in [6.45, 7) is 3.75. The van der Waals surface area contributed by atoms with Crippen LogP contribution >= 0.6 is 0 Å². The largest absolute Gasteiger partial charge is 0.394 e. The molecule has 0 bridgehead atoms. The van der Waals surface area contributed by atoms with Crippen molar-refractivity contribution in [3.63, 3.8) is 0 Å². The molecule has 1 fully saturated rings. The average Bonchev–Trinajstić information content (AvgIpc) is 3.29. The van der Waals surface area contributed by atoms with Crippen molar-refractivity contribution in [1.82, 2.24) is 5.32 Å². The van der Waals surface area contributed by atoms with Crippen LogP contribution in [0.1, 0.15) is 251 Å². The second-order valence-corrected chi connectivity index (χ2v) is 19.0. The van der Waals surface area contributed by atoms with Crippen molar-refractivity contribution in [2.75, 3.05) is 13.2 Å². The topological polar surface area (TPSA) is 149 Å². The minimum Gasteiger partial charge on any atom is -0.394 e. The van der Waals surface area contributed by atoms with Crippen molar-refractivity contribution in [2.45, 2.75) is 294 Å². The molecule has 1 saturated heterocycles. The molecule has 1 aliphatic heterocycles. The molecule has 0 saturated carbocycles. The standard InChI is InChI=1S/C55H103NO8/c1-3-5-7-9-11-13-15-16-17-18-19-20-21-22-23-24-25-26-27-28-29-30-31-32-33-35-37-39-41-43-45-51(59)56-48(47-63-55-54(62)53(61)52(60)50(46-57)64-55)49(58)44-42-40-38-36-34-14-12-10-8-6-4-2/h22-23,34,36,42,44,48-50,52-55,57-58,60-62H,3-21,24-33,35,37-41,43,45-47H2,1-2H3,(H,56,59)/b23-22-,36-34+,44-42+. The summed E-state index contributed by atoms with van der Waals surface area (Å²) in [7, 11) is 0. The molecule has 9 nitrogen and oxygen atoms in total. The molecule has 0 aromatic heterocycles. The van der Waals surface area contributed by atoms with E-state index in [0.717, 1.165) is 38.5 Å². The minimum atomic E-state index is -1.57. The van der Waals surface area contributed by atoms with E-state index in [2.05, 4.69) is 43.5 Å². The van der Waals surface area contributed by atoms with Gasteiger partial charge < -0.3 is 40.3 Å². The predicted octanol–water partition coefficient (Wildman–Crippen LogP) is 12.8. The van der Waals surface area contributed by atoms with Crippen LogP contribution in [0.15, 0.2) is 36.5 Å². The molecule has 1 heterocycles. The molecule has 0 radical (unpaired) electrons. The summed E-state index contributed by atoms with van der Waals surface area (Å²) in [4.78, 5) is 13.0. The first kappa shape index (κ1) is 60.4. The quantitative estimate of drug-likeness (QED) is 0.0261. The van der Waals surface area contributed by atoms with Gasteiger partial charge >= 0.3 is 0 Å². The number of unbranched alkanes of at least 4 members (excludes halogenated alkanes) is 32. The van der Waals surface area contributed by atoms with Gasteiger partial charge in [0.15, 0.2) is 6.29 Å². The van der Waals surface area contributed by atoms with E-state index in [0.29, 0.717) is 6.42 Å². The van der Waals surface area contributed by atoms with Crippen molar-refractivity contribution in [2.24, 2.45) is 0 Å². The smallest absolute Gasteiger partial charge is 0.220 e. The number of ether oxygens (including phenoxy) is 2. The highest BCUT2D eigenvalue weighted by atomic mass is 16.7. The van der Waals surface area contributed by atoms with Gasteiger partial charge in [0.05, 0.1) is 25.4 Å². The molecule has 0 spiro atoms. The first-order valence-corrected chi connectivity index (χ1v) is 27.2. The summed E-state index contributed by atoms with van der Waals surface area (Å²) < 4.78 is 11.2. The van der Waals surface area contributed by atoms with Crippen molar-refractivity contribution >= 4 is 5.91 Å². The van der Waals surface area contributed by atoms with E-state index < -0.39 is 49.5 Å². The Morgan fingerprint density at radius 2 is 0.891 bits per heavy atom. The van der Waals surface area contributed by atoms with E-state index in [4.69, 9.17) is 9.47 Å². The summed E-state index contributed by atoms with van der Waals surface area (Å²) in [6, 6.07) is -0.819. The third-order valence-electron chi connectivity index (χ3n) is 12.9. The van der Waals surface area contributed by atoms with Gasteiger partial charge in [-0.2, -0.15) is 0 Å². The first-order valence-electron chi connectivity index (χ1n) is 27.2. The zero-order chi connectivity index (χ0) is 46.6. The number of aliphatic hydroxyl groups is 5. The molecule has 0 aromatic carbocycles. The Hall–Kier alpha value is -1.59. The Bertz CT molecular complexity index is 1100. The molecule has 7 unspecified atom stereocenters. The highest BCUT2D eigenvalue weighted by molar-refractivity contribution is 5.76. The fraction of sp³-hybridized carbons (Fsp3) is 0.873. The normalized spacial score (nSPS) is 20.3. The summed E-state index contributed by atoms with van der Waals surface area (Å²) in [5.41, 5.74) is 0. The van der Waals surface area contributed by atoms with E-state index in [9.17, 15) is 30.3 Å². The molecule has 1 aliphatic rings. The SMILES string of the molecule is CCCCCCC/C=C/CC/C=C/C(O)C(COC1OC(CO)C(O)C(O)C1O)NC(=O)CCCCCCCCCCCCCCCC/C=C\CCCCCCCCCCCCCC. The molecule has 376 valence electrons. The van der Waals surface area contributed by atoms with Crippen LogP contribution in [0.3, 0.4) is 0 Å². The highest BCUT2D eigenvalue weighted by Gasteiger charge is 2.44. The second kappa shape index (κ2) is 45.2. The fourth-order valence-corrected chi connectivity index (χ4v) is 8.58. The molecule has 7 atom stereocenters. The van der Waals surface area contributed by atoms with E-state index in [-0.39, 0.29) is 12.5 Å². The Labute approximate surface area is 393 Å². The van der Waals surface area contributed by atoms with E-state index in [1.54, 1.807) is 6.08 Å².